The van der Waals surface area contributed by atoms with Gasteiger partial charge in [0.05, 0.1) is 36.5 Å². The van der Waals surface area contributed by atoms with Crippen molar-refractivity contribution in [3.8, 4) is 0 Å². The molecule has 0 radical (unpaired) electrons. The first kappa shape index (κ1) is 21.0. The smallest absolute Gasteiger partial charge is 0.338 e. The molecule has 1 aliphatic rings. The number of amides is 2. The van der Waals surface area contributed by atoms with Gasteiger partial charge >= 0.3 is 11.9 Å². The van der Waals surface area contributed by atoms with Crippen molar-refractivity contribution < 1.29 is 28.7 Å². The van der Waals surface area contributed by atoms with Gasteiger partial charge in [0.1, 0.15) is 0 Å². The van der Waals surface area contributed by atoms with Gasteiger partial charge in [0.25, 0.3) is 11.8 Å². The third kappa shape index (κ3) is 4.17. The molecule has 2 aromatic carbocycles. The summed E-state index contributed by atoms with van der Waals surface area (Å²) in [6, 6.07) is 13.0. The molecule has 1 fully saturated rings. The van der Waals surface area contributed by atoms with Gasteiger partial charge in [-0.2, -0.15) is 0 Å². The molecule has 0 atom stereocenters. The number of methoxy groups -OCH3 is 2. The molecule has 30 heavy (non-hydrogen) atoms. The molecule has 2 aromatic rings. The molecular formula is C22H22N2O6. The second kappa shape index (κ2) is 9.21. The average Bonchev–Trinajstić information content (AvgIpc) is 2.82. The van der Waals surface area contributed by atoms with Crippen LogP contribution in [0.15, 0.2) is 48.5 Å². The monoisotopic (exact) mass is 410 g/mol. The molecule has 0 unspecified atom stereocenters. The van der Waals surface area contributed by atoms with E-state index >= 15 is 0 Å². The Labute approximate surface area is 174 Å². The fourth-order valence-electron chi connectivity index (χ4n) is 3.37. The number of carbonyl (C=O) groups excluding carboxylic acids is 4. The SMILES string of the molecule is COC(=O)c1ccccc1C(=O)N1CCN(C(=O)c2ccccc2C(=O)OC)CC1. The number of rotatable bonds is 4. The number of carbonyl (C=O) groups is 4. The van der Waals surface area contributed by atoms with Gasteiger partial charge in [-0.3, -0.25) is 9.59 Å². The van der Waals surface area contributed by atoms with E-state index in [0.717, 1.165) is 0 Å². The van der Waals surface area contributed by atoms with E-state index in [2.05, 4.69) is 0 Å². The van der Waals surface area contributed by atoms with Crippen LogP contribution in [-0.4, -0.2) is 74.0 Å². The van der Waals surface area contributed by atoms with Crippen molar-refractivity contribution in [3.63, 3.8) is 0 Å². The van der Waals surface area contributed by atoms with E-state index in [0.29, 0.717) is 26.2 Å². The van der Waals surface area contributed by atoms with E-state index in [9.17, 15) is 19.2 Å². The van der Waals surface area contributed by atoms with Crippen LogP contribution in [0.3, 0.4) is 0 Å². The van der Waals surface area contributed by atoms with E-state index in [1.54, 1.807) is 58.3 Å². The minimum atomic E-state index is -0.577. The predicted octanol–water partition coefficient (Wildman–Crippen LogP) is 1.86. The van der Waals surface area contributed by atoms with Crippen LogP contribution in [0.4, 0.5) is 0 Å². The van der Waals surface area contributed by atoms with Gasteiger partial charge in [0.2, 0.25) is 0 Å². The highest BCUT2D eigenvalue weighted by Gasteiger charge is 2.29. The van der Waals surface area contributed by atoms with Crippen molar-refractivity contribution in [2.75, 3.05) is 40.4 Å². The van der Waals surface area contributed by atoms with E-state index in [1.165, 1.54) is 14.2 Å². The maximum Gasteiger partial charge on any atom is 0.338 e. The molecule has 0 spiro atoms. The van der Waals surface area contributed by atoms with Gasteiger partial charge in [-0.1, -0.05) is 24.3 Å². The van der Waals surface area contributed by atoms with Crippen LogP contribution in [0, 0.1) is 0 Å². The van der Waals surface area contributed by atoms with E-state index < -0.39 is 11.9 Å². The lowest BCUT2D eigenvalue weighted by Crippen LogP contribution is -2.51. The highest BCUT2D eigenvalue weighted by atomic mass is 16.5. The zero-order chi connectivity index (χ0) is 21.7. The third-order valence-corrected chi connectivity index (χ3v) is 4.98. The van der Waals surface area contributed by atoms with Crippen LogP contribution >= 0.6 is 0 Å². The summed E-state index contributed by atoms with van der Waals surface area (Å²) in [7, 11) is 2.53. The Kier molecular flexibility index (Phi) is 6.46. The zero-order valence-corrected chi connectivity index (χ0v) is 16.8. The lowest BCUT2D eigenvalue weighted by molar-refractivity contribution is 0.0518. The van der Waals surface area contributed by atoms with Gasteiger partial charge < -0.3 is 19.3 Å². The minimum absolute atomic E-state index is 0.204. The molecule has 8 nitrogen and oxygen atoms in total. The molecule has 3 rings (SSSR count). The highest BCUT2D eigenvalue weighted by molar-refractivity contribution is 6.06. The average molecular weight is 410 g/mol. The largest absolute Gasteiger partial charge is 0.465 e. The Morgan fingerprint density at radius 2 is 0.900 bits per heavy atom. The number of esters is 2. The Balaban J connectivity index is 1.72. The fourth-order valence-corrected chi connectivity index (χ4v) is 3.37. The molecule has 0 aliphatic carbocycles. The summed E-state index contributed by atoms with van der Waals surface area (Å²) >= 11 is 0. The maximum absolute atomic E-state index is 12.9. The molecule has 0 bridgehead atoms. The van der Waals surface area contributed by atoms with Gasteiger partial charge in [-0.25, -0.2) is 9.59 Å². The van der Waals surface area contributed by atoms with Crippen LogP contribution in [0.5, 0.6) is 0 Å². The topological polar surface area (TPSA) is 93.2 Å². The van der Waals surface area contributed by atoms with Crippen LogP contribution in [0.25, 0.3) is 0 Å². The lowest BCUT2D eigenvalue weighted by atomic mass is 10.0. The molecule has 1 aliphatic heterocycles. The molecule has 8 heteroatoms. The van der Waals surface area contributed by atoms with E-state index in [4.69, 9.17) is 9.47 Å². The minimum Gasteiger partial charge on any atom is -0.465 e. The van der Waals surface area contributed by atoms with Crippen molar-refractivity contribution in [3.05, 3.63) is 70.8 Å². The first-order valence-electron chi connectivity index (χ1n) is 9.41. The fraction of sp³-hybridized carbons (Fsp3) is 0.273. The first-order chi connectivity index (χ1) is 14.5. The van der Waals surface area contributed by atoms with Crippen molar-refractivity contribution in [2.45, 2.75) is 0 Å². The Morgan fingerprint density at radius 1 is 0.600 bits per heavy atom. The van der Waals surface area contributed by atoms with Gasteiger partial charge in [0, 0.05) is 26.2 Å². The molecule has 0 aromatic heterocycles. The number of hydrogen-bond acceptors (Lipinski definition) is 6. The summed E-state index contributed by atoms with van der Waals surface area (Å²) in [5.41, 5.74) is 0.936. The number of hydrogen-bond donors (Lipinski definition) is 0. The summed E-state index contributed by atoms with van der Waals surface area (Å²) < 4.78 is 9.50. The van der Waals surface area contributed by atoms with Gasteiger partial charge in [-0.05, 0) is 24.3 Å². The number of piperazine rings is 1. The van der Waals surface area contributed by atoms with Crippen molar-refractivity contribution in [1.29, 1.82) is 0 Å². The van der Waals surface area contributed by atoms with E-state index in [1.807, 2.05) is 0 Å². The summed E-state index contributed by atoms with van der Waals surface area (Å²) in [6.07, 6.45) is 0. The predicted molar refractivity (Wildman–Crippen MR) is 107 cm³/mol. The molecule has 0 saturated carbocycles. The second-order valence-corrected chi connectivity index (χ2v) is 6.66. The summed E-state index contributed by atoms with van der Waals surface area (Å²) in [4.78, 5) is 52.9. The third-order valence-electron chi connectivity index (χ3n) is 4.98. The molecule has 156 valence electrons. The molecule has 1 saturated heterocycles. The van der Waals surface area contributed by atoms with Crippen molar-refractivity contribution >= 4 is 23.8 Å². The number of ether oxygens (including phenoxy) is 2. The highest BCUT2D eigenvalue weighted by Crippen LogP contribution is 2.18. The van der Waals surface area contributed by atoms with E-state index in [-0.39, 0.29) is 34.1 Å². The maximum atomic E-state index is 12.9. The molecule has 1 heterocycles. The summed E-state index contributed by atoms with van der Waals surface area (Å²) in [6.45, 7) is 1.22. The van der Waals surface area contributed by atoms with Crippen molar-refractivity contribution in [1.82, 2.24) is 9.80 Å². The quantitative estimate of drug-likeness (QED) is 0.715. The number of nitrogens with zero attached hydrogens (tertiary/aromatic N) is 2. The second-order valence-electron chi connectivity index (χ2n) is 6.66. The zero-order valence-electron chi connectivity index (χ0n) is 16.8. The Hall–Kier alpha value is -3.68. The van der Waals surface area contributed by atoms with Crippen LogP contribution < -0.4 is 0 Å². The lowest BCUT2D eigenvalue weighted by Gasteiger charge is -2.35. The van der Waals surface area contributed by atoms with Crippen LogP contribution in [0.1, 0.15) is 41.4 Å². The molecule has 0 N–H and O–H groups in total. The number of benzene rings is 2. The Morgan fingerprint density at radius 3 is 1.20 bits per heavy atom. The standard InChI is InChI=1S/C22H22N2O6/c1-29-21(27)17-9-5-3-7-15(17)19(25)23-11-13-24(14-12-23)20(26)16-8-4-6-10-18(16)22(28)30-2/h3-10H,11-14H2,1-2H3. The van der Waals surface area contributed by atoms with Crippen LogP contribution in [-0.2, 0) is 9.47 Å². The van der Waals surface area contributed by atoms with Gasteiger partial charge in [0.15, 0.2) is 0 Å². The molecule has 2 amide bonds. The normalized spacial score (nSPS) is 13.5. The van der Waals surface area contributed by atoms with Gasteiger partial charge in [-0.15, -0.1) is 0 Å². The molecular weight excluding hydrogens is 388 g/mol. The summed E-state index contributed by atoms with van der Waals surface area (Å²) in [5.74, 6) is -1.74. The Bertz CT molecular complexity index is 900. The van der Waals surface area contributed by atoms with Crippen LogP contribution in [0.2, 0.25) is 0 Å². The first-order valence-corrected chi connectivity index (χ1v) is 9.41. The van der Waals surface area contributed by atoms with Crippen molar-refractivity contribution in [2.24, 2.45) is 0 Å². The summed E-state index contributed by atoms with van der Waals surface area (Å²) in [5, 5.41) is 0.